The lowest BCUT2D eigenvalue weighted by Gasteiger charge is -2.37. The lowest BCUT2D eigenvalue weighted by molar-refractivity contribution is -0.219. The number of ether oxygens (including phenoxy) is 3. The van der Waals surface area contributed by atoms with Crippen molar-refractivity contribution < 1.29 is 38.8 Å². The van der Waals surface area contributed by atoms with Crippen molar-refractivity contribution in [2.24, 2.45) is 17.8 Å². The van der Waals surface area contributed by atoms with Gasteiger partial charge in [-0.3, -0.25) is 14.4 Å². The van der Waals surface area contributed by atoms with Gasteiger partial charge in [-0.1, -0.05) is 56.4 Å². The number of allylic oxidation sites excluding steroid dienone is 4. The summed E-state index contributed by atoms with van der Waals surface area (Å²) in [5.41, 5.74) is 2.45. The molecule has 0 bridgehead atoms. The van der Waals surface area contributed by atoms with Crippen LogP contribution in [0.5, 0.6) is 0 Å². The molecule has 9 nitrogen and oxygen atoms in total. The Balaban J connectivity index is 1.71. The van der Waals surface area contributed by atoms with Crippen LogP contribution in [-0.2, 0) is 28.6 Å². The van der Waals surface area contributed by atoms with Crippen LogP contribution in [0.15, 0.2) is 23.3 Å². The van der Waals surface area contributed by atoms with Crippen molar-refractivity contribution in [1.82, 2.24) is 4.90 Å². The monoisotopic (exact) mass is 692 g/mol. The molecule has 7 unspecified atom stereocenters. The van der Waals surface area contributed by atoms with E-state index in [0.717, 1.165) is 70.6 Å². The maximum Gasteiger partial charge on any atom is 0.296 e. The van der Waals surface area contributed by atoms with Gasteiger partial charge >= 0.3 is 0 Å². The highest BCUT2D eigenvalue weighted by molar-refractivity contribution is 6.38. The van der Waals surface area contributed by atoms with Crippen molar-refractivity contribution in [3.8, 4) is 0 Å². The molecule has 2 N–H and O–H groups in total. The number of ketones is 2. The fourth-order valence-corrected chi connectivity index (χ4v) is 7.61. The molecule has 1 saturated heterocycles. The molecule has 0 aromatic carbocycles. The van der Waals surface area contributed by atoms with Gasteiger partial charge in [0, 0.05) is 52.7 Å². The van der Waals surface area contributed by atoms with E-state index in [-0.39, 0.29) is 30.3 Å². The molecule has 1 saturated carbocycles. The number of carbonyl (C=O) groups is 3. The van der Waals surface area contributed by atoms with Crippen LogP contribution < -0.4 is 0 Å². The normalized spacial score (nSPS) is 24.5. The van der Waals surface area contributed by atoms with Crippen LogP contribution in [0.2, 0.25) is 0 Å². The third kappa shape index (κ3) is 14.3. The third-order valence-electron chi connectivity index (χ3n) is 11.0. The zero-order valence-electron chi connectivity index (χ0n) is 32.0. The molecule has 282 valence electrons. The number of amides is 1. The highest BCUT2D eigenvalue weighted by Gasteiger charge is 2.48. The second kappa shape index (κ2) is 22.1. The molecule has 8 atom stereocenters. The van der Waals surface area contributed by atoms with Gasteiger partial charge in [0.1, 0.15) is 5.78 Å². The van der Waals surface area contributed by atoms with Crippen LogP contribution in [-0.4, -0.2) is 90.6 Å². The molecule has 0 radical (unpaired) electrons. The Labute approximate surface area is 297 Å². The highest BCUT2D eigenvalue weighted by Crippen LogP contribution is 2.31. The molecule has 2 rings (SSSR count). The molecule has 0 spiro atoms. The average molecular weight is 692 g/mol. The Bertz CT molecular complexity index is 1090. The summed E-state index contributed by atoms with van der Waals surface area (Å²) in [6.07, 6.45) is 17.4. The van der Waals surface area contributed by atoms with Gasteiger partial charge in [0.25, 0.3) is 11.7 Å². The summed E-state index contributed by atoms with van der Waals surface area (Å²) in [7, 11) is 4.68. The zero-order chi connectivity index (χ0) is 36.6. The molecule has 2 aliphatic rings. The maximum atomic E-state index is 13.2. The van der Waals surface area contributed by atoms with E-state index in [2.05, 4.69) is 13.0 Å². The van der Waals surface area contributed by atoms with Gasteiger partial charge in [0.15, 0.2) is 0 Å². The number of methoxy groups -OCH3 is 3. The van der Waals surface area contributed by atoms with E-state index in [1.165, 1.54) is 31.1 Å². The van der Waals surface area contributed by atoms with Crippen LogP contribution in [0.4, 0.5) is 0 Å². The predicted octanol–water partition coefficient (Wildman–Crippen LogP) is 7.12. The number of nitrogens with zero attached hydrogens (tertiary/aromatic N) is 1. The van der Waals surface area contributed by atoms with Crippen molar-refractivity contribution in [3.63, 3.8) is 0 Å². The van der Waals surface area contributed by atoms with Gasteiger partial charge in [-0.2, -0.15) is 0 Å². The quantitative estimate of drug-likeness (QED) is 0.0533. The van der Waals surface area contributed by atoms with E-state index in [1.54, 1.807) is 26.0 Å². The number of aliphatic hydroxyl groups is 2. The SMILES string of the molecule is COC1CCCC(/C=C(\C)C[C@H](C)C(O)CC(=O)C/C=C(/C)CCCCCC(CC(C)C(O)(OC)C(=O)C(=O)N2CCCCC2C)OC)C1. The molecule has 9 heteroatoms. The van der Waals surface area contributed by atoms with Gasteiger partial charge in [-0.25, -0.2) is 0 Å². The molecule has 0 aromatic rings. The minimum atomic E-state index is -2.20. The number of likely N-dealkylation sites (tertiary alicyclic amines) is 1. The molecule has 49 heavy (non-hydrogen) atoms. The first kappa shape index (κ1) is 43.3. The van der Waals surface area contributed by atoms with E-state index < -0.39 is 29.5 Å². The zero-order valence-corrected chi connectivity index (χ0v) is 32.0. The predicted molar refractivity (Wildman–Crippen MR) is 194 cm³/mol. The van der Waals surface area contributed by atoms with Crippen molar-refractivity contribution in [1.29, 1.82) is 0 Å². The largest absolute Gasteiger partial charge is 0.392 e. The summed E-state index contributed by atoms with van der Waals surface area (Å²) in [4.78, 5) is 40.4. The Hall–Kier alpha value is -1.91. The van der Waals surface area contributed by atoms with Crippen molar-refractivity contribution in [2.45, 2.75) is 167 Å². The van der Waals surface area contributed by atoms with Gasteiger partial charge in [-0.15, -0.1) is 0 Å². The number of hydrogen-bond donors (Lipinski definition) is 2. The van der Waals surface area contributed by atoms with Crippen LogP contribution in [0.1, 0.15) is 137 Å². The third-order valence-corrected chi connectivity index (χ3v) is 11.0. The van der Waals surface area contributed by atoms with Gasteiger partial charge in [0.2, 0.25) is 5.79 Å². The number of rotatable bonds is 22. The van der Waals surface area contributed by atoms with Crippen LogP contribution >= 0.6 is 0 Å². The molecule has 1 heterocycles. The highest BCUT2D eigenvalue weighted by atomic mass is 16.6. The van der Waals surface area contributed by atoms with Gasteiger partial charge in [0.05, 0.1) is 18.3 Å². The van der Waals surface area contributed by atoms with Crippen LogP contribution in [0.25, 0.3) is 0 Å². The lowest BCUT2D eigenvalue weighted by atomic mass is 9.84. The molecular formula is C40H69NO8. The number of carbonyl (C=O) groups excluding carboxylic acids is 3. The standard InChI is InChI=1S/C40H69NO8/c1-28(20-21-34(42)27-37(43)30(3)23-29(2)24-33-17-14-19-36(26-33)48-7)15-10-9-11-18-35(47-6)25-31(4)40(46,49-8)38(44)39(45)41-22-13-12-16-32(41)5/h20,24,30-33,35-37,43,46H,9-19,21-23,25-27H2,1-8H3/b28-20-,29-24+/t30-,31?,32?,33?,35?,36?,37?,40?/m0/s1. The Morgan fingerprint density at radius 3 is 2.35 bits per heavy atom. The van der Waals surface area contributed by atoms with Crippen LogP contribution in [0, 0.1) is 17.8 Å². The number of aliphatic hydroxyl groups excluding tert-OH is 1. The number of piperidine rings is 1. The van der Waals surface area contributed by atoms with Crippen molar-refractivity contribution in [3.05, 3.63) is 23.3 Å². The fraction of sp³-hybridized carbons (Fsp3) is 0.825. The summed E-state index contributed by atoms with van der Waals surface area (Å²) >= 11 is 0. The number of Topliss-reactive ketones (excluding diaryl/α,β-unsaturated/α-hetero) is 2. The van der Waals surface area contributed by atoms with E-state index >= 15 is 0 Å². The first-order valence-electron chi connectivity index (χ1n) is 19.0. The number of unbranched alkanes of at least 4 members (excludes halogenated alkanes) is 2. The van der Waals surface area contributed by atoms with E-state index in [1.807, 2.05) is 26.8 Å². The molecular weight excluding hydrogens is 622 g/mol. The first-order chi connectivity index (χ1) is 23.2. The summed E-state index contributed by atoms with van der Waals surface area (Å²) in [5.74, 6) is -3.78. The number of hydrogen-bond acceptors (Lipinski definition) is 8. The second-order valence-corrected chi connectivity index (χ2v) is 15.2. The molecule has 1 amide bonds. The van der Waals surface area contributed by atoms with E-state index in [0.29, 0.717) is 31.4 Å². The van der Waals surface area contributed by atoms with Crippen molar-refractivity contribution in [2.75, 3.05) is 27.9 Å². The van der Waals surface area contributed by atoms with E-state index in [4.69, 9.17) is 14.2 Å². The summed E-state index contributed by atoms with van der Waals surface area (Å²) in [6, 6.07) is -0.0346. The summed E-state index contributed by atoms with van der Waals surface area (Å²) in [6.45, 7) is 10.4. The average Bonchev–Trinajstić information content (AvgIpc) is 3.08. The Morgan fingerprint density at radius 1 is 0.959 bits per heavy atom. The molecule has 1 aliphatic heterocycles. The maximum absolute atomic E-state index is 13.2. The lowest BCUT2D eigenvalue weighted by Crippen LogP contribution is -2.56. The topological polar surface area (TPSA) is 123 Å². The van der Waals surface area contributed by atoms with Gasteiger partial charge in [-0.05, 0) is 103 Å². The summed E-state index contributed by atoms with van der Waals surface area (Å²) in [5, 5.41) is 21.9. The minimum absolute atomic E-state index is 0.0284. The smallest absolute Gasteiger partial charge is 0.296 e. The minimum Gasteiger partial charge on any atom is -0.392 e. The second-order valence-electron chi connectivity index (χ2n) is 15.2. The Kier molecular flexibility index (Phi) is 19.5. The fourth-order valence-electron chi connectivity index (χ4n) is 7.61. The van der Waals surface area contributed by atoms with Crippen molar-refractivity contribution >= 4 is 17.5 Å². The van der Waals surface area contributed by atoms with E-state index in [9.17, 15) is 24.6 Å². The van der Waals surface area contributed by atoms with Crippen LogP contribution in [0.3, 0.4) is 0 Å². The molecule has 0 aromatic heterocycles. The summed E-state index contributed by atoms with van der Waals surface area (Å²) < 4.78 is 16.5. The molecule has 1 aliphatic carbocycles. The van der Waals surface area contributed by atoms with Gasteiger partial charge < -0.3 is 29.3 Å². The first-order valence-corrected chi connectivity index (χ1v) is 19.0. The molecule has 2 fully saturated rings. The Morgan fingerprint density at radius 2 is 1.69 bits per heavy atom.